The average molecular weight is 350 g/mol. The van der Waals surface area contributed by atoms with Gasteiger partial charge in [-0.2, -0.15) is 5.16 Å². The molecule has 4 rings (SSSR count). The molecule has 1 aromatic carbocycles. The molecule has 2 saturated heterocycles. The predicted octanol–water partition coefficient (Wildman–Crippen LogP) is 1.76. The zero-order valence-corrected chi connectivity index (χ0v) is 14.2. The van der Waals surface area contributed by atoms with Crippen molar-refractivity contribution in [2.75, 3.05) is 26.7 Å². The van der Waals surface area contributed by atoms with Crippen LogP contribution in [-0.4, -0.2) is 47.5 Å². The van der Waals surface area contributed by atoms with Crippen molar-refractivity contribution in [2.45, 2.75) is 6.04 Å². The molecule has 1 amide bonds. The molecule has 128 valence electrons. The molecule has 2 aliphatic rings. The maximum absolute atomic E-state index is 12.5. The summed E-state index contributed by atoms with van der Waals surface area (Å²) < 4.78 is 4.95. The third kappa shape index (κ3) is 2.76. The van der Waals surface area contributed by atoms with Crippen LogP contribution in [0.15, 0.2) is 45.7 Å². The van der Waals surface area contributed by atoms with Crippen molar-refractivity contribution in [2.24, 2.45) is 11.8 Å². The molecule has 0 radical (unpaired) electrons. The maximum atomic E-state index is 12.5. The van der Waals surface area contributed by atoms with E-state index < -0.39 is 0 Å². The first-order valence-corrected chi connectivity index (χ1v) is 7.86. The van der Waals surface area contributed by atoms with E-state index in [0.717, 1.165) is 6.54 Å². The van der Waals surface area contributed by atoms with Gasteiger partial charge in [0, 0.05) is 31.6 Å². The Morgan fingerprint density at radius 3 is 2.62 bits per heavy atom. The van der Waals surface area contributed by atoms with E-state index in [1.807, 2.05) is 11.0 Å². The monoisotopic (exact) mass is 349 g/mol. The zero-order valence-electron chi connectivity index (χ0n) is 13.3. The van der Waals surface area contributed by atoms with Crippen LogP contribution in [0, 0.1) is 11.8 Å². The van der Waals surface area contributed by atoms with Gasteiger partial charge in [0.1, 0.15) is 0 Å². The van der Waals surface area contributed by atoms with E-state index in [-0.39, 0.29) is 29.6 Å². The molecular formula is C17H20ClN3O3. The van der Waals surface area contributed by atoms with Gasteiger partial charge in [-0.3, -0.25) is 14.5 Å². The number of nitrogens with one attached hydrogen (secondary N) is 1. The van der Waals surface area contributed by atoms with E-state index in [1.54, 1.807) is 0 Å². The molecular weight excluding hydrogens is 330 g/mol. The third-order valence-electron chi connectivity index (χ3n) is 5.06. The topological polar surface area (TPSA) is 69.6 Å². The molecule has 24 heavy (non-hydrogen) atoms. The van der Waals surface area contributed by atoms with Gasteiger partial charge in [-0.25, -0.2) is 0 Å². The minimum absolute atomic E-state index is 0. The quantitative estimate of drug-likeness (QED) is 0.897. The number of carbonyl (C=O) groups excluding carboxylic acids is 1. The van der Waals surface area contributed by atoms with Crippen LogP contribution in [-0.2, 0) is 0 Å². The summed E-state index contributed by atoms with van der Waals surface area (Å²) in [6, 6.07) is 12.0. The first-order valence-electron chi connectivity index (χ1n) is 7.86. The van der Waals surface area contributed by atoms with Gasteiger partial charge in [0.25, 0.3) is 11.5 Å². The van der Waals surface area contributed by atoms with Gasteiger partial charge in [-0.15, -0.1) is 12.4 Å². The van der Waals surface area contributed by atoms with Crippen LogP contribution in [0.1, 0.15) is 22.2 Å². The minimum Gasteiger partial charge on any atom is -0.373 e. The molecule has 0 saturated carbocycles. The highest BCUT2D eigenvalue weighted by Gasteiger charge is 2.47. The molecule has 1 aromatic heterocycles. The predicted molar refractivity (Wildman–Crippen MR) is 91.3 cm³/mol. The van der Waals surface area contributed by atoms with Gasteiger partial charge in [-0.1, -0.05) is 30.3 Å². The van der Waals surface area contributed by atoms with E-state index in [1.165, 1.54) is 11.6 Å². The summed E-state index contributed by atoms with van der Waals surface area (Å²) in [6.45, 7) is 2.39. The number of nitrogens with zero attached hydrogens (tertiary/aromatic N) is 2. The Morgan fingerprint density at radius 1 is 1.21 bits per heavy atom. The second-order valence-corrected chi connectivity index (χ2v) is 6.51. The lowest BCUT2D eigenvalue weighted by molar-refractivity contribution is 0.0726. The molecule has 6 nitrogen and oxygen atoms in total. The summed E-state index contributed by atoms with van der Waals surface area (Å²) in [5.74, 6) is 0.767. The summed E-state index contributed by atoms with van der Waals surface area (Å²) in [5, 5.41) is 2.18. The van der Waals surface area contributed by atoms with Crippen molar-refractivity contribution in [3.63, 3.8) is 0 Å². The van der Waals surface area contributed by atoms with Gasteiger partial charge in [0.2, 0.25) is 5.76 Å². The molecule has 3 heterocycles. The van der Waals surface area contributed by atoms with Crippen molar-refractivity contribution in [1.82, 2.24) is 15.0 Å². The maximum Gasteiger partial charge on any atom is 0.292 e. The number of hydrogen-bond donors (Lipinski definition) is 1. The Hall–Kier alpha value is -2.05. The number of carbonyl (C=O) groups is 1. The number of hydrogen-bond acceptors (Lipinski definition) is 4. The number of likely N-dealkylation sites (tertiary alicyclic amines) is 2. The van der Waals surface area contributed by atoms with Gasteiger partial charge >= 0.3 is 0 Å². The fraction of sp³-hybridized carbons (Fsp3) is 0.412. The van der Waals surface area contributed by atoms with E-state index >= 15 is 0 Å². The van der Waals surface area contributed by atoms with E-state index in [2.05, 4.69) is 41.4 Å². The molecule has 7 heteroatoms. The molecule has 0 aliphatic carbocycles. The van der Waals surface area contributed by atoms with Crippen molar-refractivity contribution < 1.29 is 9.32 Å². The van der Waals surface area contributed by atoms with Gasteiger partial charge in [-0.05, 0) is 18.5 Å². The number of aromatic nitrogens is 1. The van der Waals surface area contributed by atoms with Crippen LogP contribution in [0.5, 0.6) is 0 Å². The van der Waals surface area contributed by atoms with Gasteiger partial charge in [0.05, 0.1) is 6.07 Å². The minimum atomic E-state index is -0.380. The number of H-pyrrole nitrogens is 1. The van der Waals surface area contributed by atoms with Crippen molar-refractivity contribution in [3.05, 3.63) is 58.1 Å². The van der Waals surface area contributed by atoms with Crippen molar-refractivity contribution in [1.29, 1.82) is 0 Å². The van der Waals surface area contributed by atoms with Crippen molar-refractivity contribution >= 4 is 18.3 Å². The molecule has 2 aromatic rings. The van der Waals surface area contributed by atoms with Crippen LogP contribution >= 0.6 is 12.4 Å². The molecule has 2 aliphatic heterocycles. The highest BCUT2D eigenvalue weighted by atomic mass is 35.5. The zero-order chi connectivity index (χ0) is 16.0. The lowest BCUT2D eigenvalue weighted by atomic mass is 9.90. The molecule has 0 unspecified atom stereocenters. The molecule has 3 atom stereocenters. The number of benzene rings is 1. The van der Waals surface area contributed by atoms with Crippen molar-refractivity contribution in [3.8, 4) is 0 Å². The molecule has 1 N–H and O–H groups in total. The summed E-state index contributed by atoms with van der Waals surface area (Å²) in [6.07, 6.45) is 0. The smallest absolute Gasteiger partial charge is 0.292 e. The number of halogens is 1. The number of aromatic amines is 1. The Morgan fingerprint density at radius 2 is 1.96 bits per heavy atom. The summed E-state index contributed by atoms with van der Waals surface area (Å²) in [4.78, 5) is 27.8. The highest BCUT2D eigenvalue weighted by molar-refractivity contribution is 5.91. The Bertz CT molecular complexity index is 773. The van der Waals surface area contributed by atoms with Crippen LogP contribution < -0.4 is 5.56 Å². The van der Waals surface area contributed by atoms with Gasteiger partial charge in [0.15, 0.2) is 0 Å². The second kappa shape index (κ2) is 6.45. The van der Waals surface area contributed by atoms with Crippen LogP contribution in [0.3, 0.4) is 0 Å². The summed E-state index contributed by atoms with van der Waals surface area (Å²) in [7, 11) is 2.15. The normalized spacial score (nSPS) is 26.2. The first-order chi connectivity index (χ1) is 11.1. The molecule has 0 spiro atoms. The number of amides is 1. The van der Waals surface area contributed by atoms with E-state index in [9.17, 15) is 9.59 Å². The number of rotatable bonds is 2. The third-order valence-corrected chi connectivity index (χ3v) is 5.06. The Labute approximate surface area is 145 Å². The van der Waals surface area contributed by atoms with E-state index in [4.69, 9.17) is 4.52 Å². The summed E-state index contributed by atoms with van der Waals surface area (Å²) >= 11 is 0. The van der Waals surface area contributed by atoms with Gasteiger partial charge < -0.3 is 9.42 Å². The van der Waals surface area contributed by atoms with Crippen LogP contribution in [0.2, 0.25) is 0 Å². The van der Waals surface area contributed by atoms with Crippen LogP contribution in [0.4, 0.5) is 0 Å². The number of fused-ring (bicyclic) bond motifs is 1. The summed E-state index contributed by atoms with van der Waals surface area (Å²) in [5.41, 5.74) is 0.916. The fourth-order valence-electron chi connectivity index (χ4n) is 4.12. The molecule has 2 fully saturated rings. The lowest BCUT2D eigenvalue weighted by Gasteiger charge is -2.26. The first kappa shape index (κ1) is 16.8. The van der Waals surface area contributed by atoms with Crippen LogP contribution in [0.25, 0.3) is 0 Å². The standard InChI is InChI=1S/C17H19N3O3.ClH/c1-19-8-12-9-20(17(22)14-7-15(21)18-23-14)10-13(12)16(19)11-5-3-2-4-6-11;/h2-7,12-13,16H,8-10H2,1H3,(H,18,21);1H/t12-,13+,16-;/m0./s1. The molecule has 0 bridgehead atoms. The largest absolute Gasteiger partial charge is 0.373 e. The fourth-order valence-corrected chi connectivity index (χ4v) is 4.12. The highest BCUT2D eigenvalue weighted by Crippen LogP contribution is 2.44. The Kier molecular flexibility index (Phi) is 4.51. The van der Waals surface area contributed by atoms with E-state index in [0.29, 0.717) is 31.0 Å². The SMILES string of the molecule is CN1C[C@H]2CN(C(=O)c3cc(=O)[nH]o3)C[C@H]2[C@@H]1c1ccccc1.Cl. The lowest BCUT2D eigenvalue weighted by Crippen LogP contribution is -2.33. The Balaban J connectivity index is 0.00000169. The second-order valence-electron chi connectivity index (χ2n) is 6.51. The average Bonchev–Trinajstić information content (AvgIpc) is 3.21.